The van der Waals surface area contributed by atoms with Crippen LogP contribution in [0.1, 0.15) is 36.7 Å². The predicted octanol–water partition coefficient (Wildman–Crippen LogP) is 3.27. The monoisotopic (exact) mass is 231 g/mol. The van der Waals surface area contributed by atoms with Crippen molar-refractivity contribution in [1.82, 2.24) is 5.16 Å². The number of aliphatic hydroxyl groups excluding tert-OH is 1. The van der Waals surface area contributed by atoms with Gasteiger partial charge in [-0.25, -0.2) is 0 Å². The van der Waals surface area contributed by atoms with Crippen LogP contribution >= 0.6 is 0 Å². The molecule has 0 saturated heterocycles. The van der Waals surface area contributed by atoms with Gasteiger partial charge in [-0.1, -0.05) is 43.3 Å². The topological polar surface area (TPSA) is 46.3 Å². The van der Waals surface area contributed by atoms with E-state index in [1.165, 1.54) is 5.56 Å². The highest BCUT2D eigenvalue weighted by Crippen LogP contribution is 2.26. The minimum Gasteiger partial charge on any atom is -0.391 e. The number of hydrogen-bond acceptors (Lipinski definition) is 3. The van der Waals surface area contributed by atoms with Crippen molar-refractivity contribution in [2.75, 3.05) is 0 Å². The highest BCUT2D eigenvalue weighted by atomic mass is 16.5. The van der Waals surface area contributed by atoms with Crippen LogP contribution in [0, 0.1) is 6.92 Å². The van der Waals surface area contributed by atoms with E-state index in [1.54, 1.807) is 0 Å². The molecule has 0 aliphatic carbocycles. The first-order valence-corrected chi connectivity index (χ1v) is 5.79. The molecule has 0 amide bonds. The van der Waals surface area contributed by atoms with Crippen LogP contribution in [-0.4, -0.2) is 10.3 Å². The highest BCUT2D eigenvalue weighted by molar-refractivity contribution is 5.63. The van der Waals surface area contributed by atoms with E-state index in [9.17, 15) is 5.11 Å². The van der Waals surface area contributed by atoms with Crippen LogP contribution in [0.5, 0.6) is 0 Å². The molecule has 1 heterocycles. The van der Waals surface area contributed by atoms with Gasteiger partial charge in [-0.05, 0) is 18.4 Å². The summed E-state index contributed by atoms with van der Waals surface area (Å²) < 4.78 is 5.11. The average Bonchev–Trinajstić information content (AvgIpc) is 2.70. The van der Waals surface area contributed by atoms with Gasteiger partial charge >= 0.3 is 0 Å². The summed E-state index contributed by atoms with van der Waals surface area (Å²) in [5.74, 6) is 1.19. The quantitative estimate of drug-likeness (QED) is 0.881. The molecule has 1 N–H and O–H groups in total. The Labute approximate surface area is 101 Å². The molecule has 1 aromatic carbocycles. The van der Waals surface area contributed by atoms with Crippen LogP contribution in [0.2, 0.25) is 0 Å². The fraction of sp³-hybridized carbons (Fsp3) is 0.357. The minimum absolute atomic E-state index is 0.0450. The second kappa shape index (κ2) is 4.72. The maximum absolute atomic E-state index is 9.29. The van der Waals surface area contributed by atoms with Gasteiger partial charge < -0.3 is 9.63 Å². The lowest BCUT2D eigenvalue weighted by molar-refractivity contribution is 0.278. The molecule has 3 heteroatoms. The zero-order valence-electron chi connectivity index (χ0n) is 10.4. The fourth-order valence-electron chi connectivity index (χ4n) is 1.83. The molecule has 1 aromatic heterocycles. The standard InChI is InChI=1S/C14H17NO2/c1-9(2)11-4-6-12(7-5-11)14-13(8-16)10(3)17-15-14/h4-7,9,16H,8H2,1-3H3. The van der Waals surface area contributed by atoms with Gasteiger partial charge in [0.2, 0.25) is 0 Å². The molecule has 3 nitrogen and oxygen atoms in total. The summed E-state index contributed by atoms with van der Waals surface area (Å²) in [5.41, 5.74) is 3.78. The van der Waals surface area contributed by atoms with E-state index in [1.807, 2.05) is 19.1 Å². The maximum atomic E-state index is 9.29. The van der Waals surface area contributed by atoms with Crippen molar-refractivity contribution in [1.29, 1.82) is 0 Å². The molecule has 2 aromatic rings. The average molecular weight is 231 g/mol. The summed E-state index contributed by atoms with van der Waals surface area (Å²) in [6.45, 7) is 6.09. The van der Waals surface area contributed by atoms with Crippen LogP contribution in [0.4, 0.5) is 0 Å². The Morgan fingerprint density at radius 2 is 1.88 bits per heavy atom. The van der Waals surface area contributed by atoms with Crippen LogP contribution in [0.3, 0.4) is 0 Å². The molecule has 0 aliphatic rings. The Morgan fingerprint density at radius 1 is 1.24 bits per heavy atom. The molecule has 0 fully saturated rings. The number of nitrogens with zero attached hydrogens (tertiary/aromatic N) is 1. The first kappa shape index (κ1) is 11.9. The fourth-order valence-corrected chi connectivity index (χ4v) is 1.83. The Hall–Kier alpha value is -1.61. The van der Waals surface area contributed by atoms with Gasteiger partial charge in [0.1, 0.15) is 11.5 Å². The third-order valence-electron chi connectivity index (χ3n) is 2.99. The highest BCUT2D eigenvalue weighted by Gasteiger charge is 2.13. The Kier molecular flexibility index (Phi) is 3.29. The summed E-state index contributed by atoms with van der Waals surface area (Å²) >= 11 is 0. The first-order chi connectivity index (χ1) is 8.13. The zero-order chi connectivity index (χ0) is 12.4. The van der Waals surface area contributed by atoms with Crippen molar-refractivity contribution in [2.24, 2.45) is 0 Å². The van der Waals surface area contributed by atoms with Gasteiger partial charge in [-0.15, -0.1) is 0 Å². The number of aromatic nitrogens is 1. The Balaban J connectivity index is 2.39. The van der Waals surface area contributed by atoms with E-state index in [2.05, 4.69) is 31.1 Å². The lowest BCUT2D eigenvalue weighted by atomic mass is 9.99. The van der Waals surface area contributed by atoms with E-state index < -0.39 is 0 Å². The zero-order valence-corrected chi connectivity index (χ0v) is 10.4. The smallest absolute Gasteiger partial charge is 0.139 e. The molecule has 90 valence electrons. The molecule has 2 rings (SSSR count). The normalized spacial score (nSPS) is 11.1. The molecule has 0 atom stereocenters. The van der Waals surface area contributed by atoms with Gasteiger partial charge in [0.15, 0.2) is 0 Å². The molecule has 17 heavy (non-hydrogen) atoms. The van der Waals surface area contributed by atoms with Gasteiger partial charge in [-0.3, -0.25) is 0 Å². The SMILES string of the molecule is Cc1onc(-c2ccc(C(C)C)cc2)c1CO. The summed E-state index contributed by atoms with van der Waals surface area (Å²) in [4.78, 5) is 0. The summed E-state index contributed by atoms with van der Waals surface area (Å²) in [7, 11) is 0. The van der Waals surface area contributed by atoms with Crippen LogP contribution in [0.25, 0.3) is 11.3 Å². The number of aryl methyl sites for hydroxylation is 1. The second-order valence-corrected chi connectivity index (χ2v) is 4.50. The van der Waals surface area contributed by atoms with Gasteiger partial charge in [0, 0.05) is 11.1 Å². The number of benzene rings is 1. The van der Waals surface area contributed by atoms with E-state index in [0.29, 0.717) is 11.7 Å². The largest absolute Gasteiger partial charge is 0.391 e. The maximum Gasteiger partial charge on any atom is 0.139 e. The number of hydrogen-bond donors (Lipinski definition) is 1. The molecular formula is C14H17NO2. The molecule has 0 unspecified atom stereocenters. The molecule has 0 bridgehead atoms. The van der Waals surface area contributed by atoms with Crippen molar-refractivity contribution in [3.8, 4) is 11.3 Å². The Morgan fingerprint density at radius 3 is 2.41 bits per heavy atom. The lowest BCUT2D eigenvalue weighted by Gasteiger charge is -2.06. The predicted molar refractivity (Wildman–Crippen MR) is 66.7 cm³/mol. The summed E-state index contributed by atoms with van der Waals surface area (Å²) in [6, 6.07) is 8.22. The first-order valence-electron chi connectivity index (χ1n) is 5.79. The molecular weight excluding hydrogens is 214 g/mol. The summed E-state index contributed by atoms with van der Waals surface area (Å²) in [5, 5.41) is 13.3. The third kappa shape index (κ3) is 2.24. The molecule has 0 spiro atoms. The minimum atomic E-state index is -0.0450. The van der Waals surface area contributed by atoms with Gasteiger partial charge in [-0.2, -0.15) is 0 Å². The van der Waals surface area contributed by atoms with E-state index in [0.717, 1.165) is 16.8 Å². The lowest BCUT2D eigenvalue weighted by Crippen LogP contribution is -1.90. The Bertz CT molecular complexity index is 497. The van der Waals surface area contributed by atoms with Gasteiger partial charge in [0.25, 0.3) is 0 Å². The second-order valence-electron chi connectivity index (χ2n) is 4.50. The van der Waals surface area contributed by atoms with Crippen LogP contribution in [0.15, 0.2) is 28.8 Å². The van der Waals surface area contributed by atoms with Crippen molar-refractivity contribution in [3.05, 3.63) is 41.2 Å². The van der Waals surface area contributed by atoms with Crippen LogP contribution < -0.4 is 0 Å². The van der Waals surface area contributed by atoms with Gasteiger partial charge in [0.05, 0.1) is 6.61 Å². The van der Waals surface area contributed by atoms with Crippen molar-refractivity contribution >= 4 is 0 Å². The van der Waals surface area contributed by atoms with E-state index >= 15 is 0 Å². The number of rotatable bonds is 3. The summed E-state index contributed by atoms with van der Waals surface area (Å²) in [6.07, 6.45) is 0. The molecule has 0 saturated carbocycles. The molecule has 0 radical (unpaired) electrons. The van der Waals surface area contributed by atoms with E-state index in [-0.39, 0.29) is 6.61 Å². The number of aliphatic hydroxyl groups is 1. The van der Waals surface area contributed by atoms with Crippen molar-refractivity contribution < 1.29 is 9.63 Å². The van der Waals surface area contributed by atoms with E-state index in [4.69, 9.17) is 4.52 Å². The van der Waals surface area contributed by atoms with Crippen molar-refractivity contribution in [2.45, 2.75) is 33.3 Å². The third-order valence-corrected chi connectivity index (χ3v) is 2.99. The van der Waals surface area contributed by atoms with Crippen LogP contribution in [-0.2, 0) is 6.61 Å². The molecule has 0 aliphatic heterocycles. The van der Waals surface area contributed by atoms with Crippen molar-refractivity contribution in [3.63, 3.8) is 0 Å².